The summed E-state index contributed by atoms with van der Waals surface area (Å²) in [6.45, 7) is 0. The van der Waals surface area contributed by atoms with Crippen LogP contribution in [0.3, 0.4) is 0 Å². The van der Waals surface area contributed by atoms with E-state index < -0.39 is 14.5 Å². The smallest absolute Gasteiger partial charge is 0.170 e. The Bertz CT molecular complexity index is 238. The SMILES string of the molecule is O=S1(=O)[C@@H]2CC[C@@H](C2)[C@@H]1Cl. The van der Waals surface area contributed by atoms with Crippen LogP contribution in [0.2, 0.25) is 0 Å². The van der Waals surface area contributed by atoms with E-state index in [9.17, 15) is 8.42 Å². The predicted octanol–water partition coefficient (Wildman–Crippen LogP) is 1.15. The lowest BCUT2D eigenvalue weighted by atomic mass is 10.1. The monoisotopic (exact) mass is 180 g/mol. The highest BCUT2D eigenvalue weighted by atomic mass is 35.5. The number of alkyl halides is 1. The maximum atomic E-state index is 11.2. The minimum Gasteiger partial charge on any atom is -0.227 e. The van der Waals surface area contributed by atoms with Crippen molar-refractivity contribution < 1.29 is 8.42 Å². The van der Waals surface area contributed by atoms with Gasteiger partial charge in [-0.3, -0.25) is 0 Å². The Morgan fingerprint density at radius 1 is 1.30 bits per heavy atom. The van der Waals surface area contributed by atoms with E-state index in [2.05, 4.69) is 0 Å². The van der Waals surface area contributed by atoms with Gasteiger partial charge in [-0.2, -0.15) is 0 Å². The molecule has 0 aromatic heterocycles. The van der Waals surface area contributed by atoms with Gasteiger partial charge in [0.25, 0.3) is 0 Å². The second kappa shape index (κ2) is 1.89. The van der Waals surface area contributed by atoms with Gasteiger partial charge in [-0.15, -0.1) is 11.6 Å². The third-order valence-electron chi connectivity index (χ3n) is 2.57. The van der Waals surface area contributed by atoms with E-state index in [0.29, 0.717) is 0 Å². The van der Waals surface area contributed by atoms with Crippen LogP contribution < -0.4 is 0 Å². The molecular formula is C6H9ClO2S. The van der Waals surface area contributed by atoms with Crippen LogP contribution >= 0.6 is 11.6 Å². The van der Waals surface area contributed by atoms with Crippen LogP contribution in [0.25, 0.3) is 0 Å². The first kappa shape index (κ1) is 6.92. The lowest BCUT2D eigenvalue weighted by Gasteiger charge is -2.14. The topological polar surface area (TPSA) is 34.1 Å². The summed E-state index contributed by atoms with van der Waals surface area (Å²) in [5, 5.41) is -0.0972. The van der Waals surface area contributed by atoms with Crippen LogP contribution in [0, 0.1) is 5.92 Å². The Balaban J connectivity index is 2.43. The zero-order chi connectivity index (χ0) is 7.35. The molecule has 0 amide bonds. The maximum Gasteiger partial charge on any atom is 0.170 e. The van der Waals surface area contributed by atoms with Crippen molar-refractivity contribution in [3.8, 4) is 0 Å². The van der Waals surface area contributed by atoms with E-state index in [0.717, 1.165) is 19.3 Å². The first-order chi connectivity index (χ1) is 4.62. The van der Waals surface area contributed by atoms with Gasteiger partial charge in [0.1, 0.15) is 4.71 Å². The maximum absolute atomic E-state index is 11.2. The van der Waals surface area contributed by atoms with Crippen molar-refractivity contribution in [2.45, 2.75) is 29.2 Å². The molecule has 0 aromatic carbocycles. The highest BCUT2D eigenvalue weighted by Crippen LogP contribution is 2.46. The molecule has 3 atom stereocenters. The molecule has 2 fully saturated rings. The Morgan fingerprint density at radius 2 is 2.00 bits per heavy atom. The molecule has 1 aliphatic carbocycles. The fraction of sp³-hybridized carbons (Fsp3) is 1.00. The molecule has 0 spiro atoms. The molecule has 1 heterocycles. The summed E-state index contributed by atoms with van der Waals surface area (Å²) in [4.78, 5) is 0. The fourth-order valence-electron chi connectivity index (χ4n) is 1.96. The number of fused-ring (bicyclic) bond motifs is 2. The predicted molar refractivity (Wildman–Crippen MR) is 39.7 cm³/mol. The number of halogens is 1. The number of hydrogen-bond donors (Lipinski definition) is 0. The van der Waals surface area contributed by atoms with E-state index in [4.69, 9.17) is 11.6 Å². The lowest BCUT2D eigenvalue weighted by molar-refractivity contribution is 0.555. The van der Waals surface area contributed by atoms with Gasteiger partial charge in [-0.1, -0.05) is 0 Å². The second-order valence-electron chi connectivity index (χ2n) is 3.14. The van der Waals surface area contributed by atoms with Crippen molar-refractivity contribution in [2.75, 3.05) is 0 Å². The third-order valence-corrected chi connectivity index (χ3v) is 6.05. The van der Waals surface area contributed by atoms with Gasteiger partial charge >= 0.3 is 0 Å². The van der Waals surface area contributed by atoms with Crippen molar-refractivity contribution in [1.82, 2.24) is 0 Å². The van der Waals surface area contributed by atoms with Gasteiger partial charge in [0.15, 0.2) is 9.84 Å². The Labute approximate surface area is 65.5 Å². The van der Waals surface area contributed by atoms with Crippen molar-refractivity contribution in [3.05, 3.63) is 0 Å². The molecule has 10 heavy (non-hydrogen) atoms. The largest absolute Gasteiger partial charge is 0.227 e. The van der Waals surface area contributed by atoms with Crippen LogP contribution in [0.5, 0.6) is 0 Å². The Kier molecular flexibility index (Phi) is 1.30. The molecule has 0 N–H and O–H groups in total. The number of sulfone groups is 1. The summed E-state index contributed by atoms with van der Waals surface area (Å²) in [6, 6.07) is 0. The summed E-state index contributed by atoms with van der Waals surface area (Å²) >= 11 is 5.71. The Morgan fingerprint density at radius 3 is 2.30 bits per heavy atom. The summed E-state index contributed by atoms with van der Waals surface area (Å²) in [5.41, 5.74) is 0. The van der Waals surface area contributed by atoms with Crippen LogP contribution in [0.1, 0.15) is 19.3 Å². The van der Waals surface area contributed by atoms with E-state index in [-0.39, 0.29) is 11.2 Å². The molecule has 58 valence electrons. The molecule has 2 nitrogen and oxygen atoms in total. The minimum atomic E-state index is -2.90. The summed E-state index contributed by atoms with van der Waals surface area (Å²) < 4.78 is 21.9. The van der Waals surface area contributed by atoms with Gasteiger partial charge < -0.3 is 0 Å². The van der Waals surface area contributed by atoms with E-state index in [1.165, 1.54) is 0 Å². The van der Waals surface area contributed by atoms with E-state index in [1.807, 2.05) is 0 Å². The molecule has 2 bridgehead atoms. The molecular weight excluding hydrogens is 172 g/mol. The summed E-state index contributed by atoms with van der Waals surface area (Å²) in [7, 11) is -2.90. The average Bonchev–Trinajstić information content (AvgIpc) is 2.37. The number of hydrogen-bond acceptors (Lipinski definition) is 2. The van der Waals surface area contributed by atoms with Crippen LogP contribution in [0.15, 0.2) is 0 Å². The molecule has 1 saturated heterocycles. The number of rotatable bonds is 0. The molecule has 1 saturated carbocycles. The van der Waals surface area contributed by atoms with Crippen molar-refractivity contribution >= 4 is 21.4 Å². The zero-order valence-corrected chi connectivity index (χ0v) is 7.03. The minimum absolute atomic E-state index is 0.0972. The first-order valence-corrected chi connectivity index (χ1v) is 5.54. The van der Waals surface area contributed by atoms with Crippen molar-refractivity contribution in [3.63, 3.8) is 0 Å². The highest BCUT2D eigenvalue weighted by Gasteiger charge is 2.50. The van der Waals surface area contributed by atoms with Gasteiger partial charge in [0, 0.05) is 0 Å². The van der Waals surface area contributed by atoms with E-state index >= 15 is 0 Å². The molecule has 1 aliphatic heterocycles. The van der Waals surface area contributed by atoms with Crippen LogP contribution in [-0.2, 0) is 9.84 Å². The van der Waals surface area contributed by atoms with Gasteiger partial charge in [-0.25, -0.2) is 8.42 Å². The van der Waals surface area contributed by atoms with E-state index in [1.54, 1.807) is 0 Å². The fourth-order valence-corrected chi connectivity index (χ4v) is 4.76. The van der Waals surface area contributed by atoms with Crippen molar-refractivity contribution in [1.29, 1.82) is 0 Å². The van der Waals surface area contributed by atoms with Gasteiger partial charge in [-0.05, 0) is 25.2 Å². The quantitative estimate of drug-likeness (QED) is 0.524. The lowest BCUT2D eigenvalue weighted by Crippen LogP contribution is -2.24. The van der Waals surface area contributed by atoms with Crippen LogP contribution in [0.4, 0.5) is 0 Å². The molecule has 2 aliphatic rings. The average molecular weight is 181 g/mol. The normalized spacial score (nSPS) is 49.9. The third kappa shape index (κ3) is 0.678. The summed E-state index contributed by atoms with van der Waals surface area (Å²) in [5.74, 6) is 0.261. The molecule has 2 rings (SSSR count). The highest BCUT2D eigenvalue weighted by molar-refractivity contribution is 7.94. The zero-order valence-electron chi connectivity index (χ0n) is 5.46. The van der Waals surface area contributed by atoms with Gasteiger partial charge in [0.05, 0.1) is 5.25 Å². The first-order valence-electron chi connectivity index (χ1n) is 3.49. The summed E-state index contributed by atoms with van der Waals surface area (Å²) in [6.07, 6.45) is 2.67. The second-order valence-corrected chi connectivity index (χ2v) is 6.22. The van der Waals surface area contributed by atoms with Gasteiger partial charge in [0.2, 0.25) is 0 Å². The molecule has 0 aromatic rings. The molecule has 0 unspecified atom stereocenters. The van der Waals surface area contributed by atoms with Crippen molar-refractivity contribution in [2.24, 2.45) is 5.92 Å². The van der Waals surface area contributed by atoms with Crippen LogP contribution in [-0.4, -0.2) is 18.4 Å². The molecule has 4 heteroatoms. The Hall–Kier alpha value is 0.240. The molecule has 0 radical (unpaired) electrons. The standard InChI is InChI=1S/C6H9ClO2S/c7-6-4-1-2-5(3-4)10(6,8)9/h4-6H,1-3H2/t4-,5+,6+/m0/s1.